The van der Waals surface area contributed by atoms with Crippen molar-refractivity contribution in [3.8, 4) is 0 Å². The molecule has 0 heterocycles. The highest BCUT2D eigenvalue weighted by Crippen LogP contribution is 2.36. The average Bonchev–Trinajstić information content (AvgIpc) is 2.95. The Hall–Kier alpha value is -1.45. The fraction of sp³-hybridized carbons (Fsp3) is 0.417. The average molecular weight is 225 g/mol. The smallest absolute Gasteiger partial charge is 0.254 e. The third-order valence-corrected chi connectivity index (χ3v) is 3.00. The standard InChI is InChI=1S/C12H13F2NO/c1-7-5-8(7)6-15-12(16)9-3-2-4-10(13)11(9)14/h2-4,7-8H,5-6H2,1H3,(H,15,16). The molecule has 1 aliphatic rings. The van der Waals surface area contributed by atoms with Crippen LogP contribution in [0.4, 0.5) is 8.78 Å². The SMILES string of the molecule is CC1CC1CNC(=O)c1cccc(F)c1F. The Bertz CT molecular complexity index is 419. The number of carbonyl (C=O) groups is 1. The summed E-state index contributed by atoms with van der Waals surface area (Å²) in [6, 6.07) is 3.60. The van der Waals surface area contributed by atoms with E-state index in [-0.39, 0.29) is 5.56 Å². The summed E-state index contributed by atoms with van der Waals surface area (Å²) < 4.78 is 26.1. The lowest BCUT2D eigenvalue weighted by Gasteiger charge is -2.05. The summed E-state index contributed by atoms with van der Waals surface area (Å²) in [5, 5.41) is 2.61. The molecule has 2 atom stereocenters. The zero-order chi connectivity index (χ0) is 11.7. The van der Waals surface area contributed by atoms with Gasteiger partial charge in [-0.05, 0) is 30.4 Å². The van der Waals surface area contributed by atoms with E-state index in [1.54, 1.807) is 0 Å². The normalized spacial score (nSPS) is 22.9. The van der Waals surface area contributed by atoms with Crippen molar-refractivity contribution in [1.82, 2.24) is 5.32 Å². The van der Waals surface area contributed by atoms with Crippen molar-refractivity contribution in [2.24, 2.45) is 11.8 Å². The second-order valence-corrected chi connectivity index (χ2v) is 4.28. The first-order chi connectivity index (χ1) is 7.59. The van der Waals surface area contributed by atoms with E-state index in [0.717, 1.165) is 12.5 Å². The number of halogens is 2. The van der Waals surface area contributed by atoms with Gasteiger partial charge in [-0.3, -0.25) is 4.79 Å². The summed E-state index contributed by atoms with van der Waals surface area (Å²) in [4.78, 5) is 11.5. The molecule has 0 spiro atoms. The maximum absolute atomic E-state index is 13.2. The van der Waals surface area contributed by atoms with E-state index in [0.29, 0.717) is 18.4 Å². The molecule has 1 amide bonds. The van der Waals surface area contributed by atoms with Gasteiger partial charge in [0.05, 0.1) is 5.56 Å². The molecule has 1 fully saturated rings. The second-order valence-electron chi connectivity index (χ2n) is 4.28. The molecule has 1 saturated carbocycles. The van der Waals surface area contributed by atoms with Gasteiger partial charge in [-0.15, -0.1) is 0 Å². The topological polar surface area (TPSA) is 29.1 Å². The maximum atomic E-state index is 13.2. The molecule has 1 aromatic carbocycles. The van der Waals surface area contributed by atoms with Gasteiger partial charge in [-0.2, -0.15) is 0 Å². The van der Waals surface area contributed by atoms with Crippen LogP contribution in [-0.2, 0) is 0 Å². The summed E-state index contributed by atoms with van der Waals surface area (Å²) in [7, 11) is 0. The summed E-state index contributed by atoms with van der Waals surface area (Å²) in [5.41, 5.74) is -0.228. The van der Waals surface area contributed by atoms with E-state index in [1.165, 1.54) is 12.1 Å². The second kappa shape index (κ2) is 4.20. The van der Waals surface area contributed by atoms with Crippen molar-refractivity contribution in [3.63, 3.8) is 0 Å². The van der Waals surface area contributed by atoms with Gasteiger partial charge in [0.1, 0.15) is 0 Å². The third-order valence-electron chi connectivity index (χ3n) is 3.00. The molecule has 2 nitrogen and oxygen atoms in total. The molecule has 1 N–H and O–H groups in total. The Morgan fingerprint density at radius 2 is 2.19 bits per heavy atom. The van der Waals surface area contributed by atoms with Crippen LogP contribution in [0.5, 0.6) is 0 Å². The van der Waals surface area contributed by atoms with Gasteiger partial charge in [-0.25, -0.2) is 8.78 Å². The van der Waals surface area contributed by atoms with Gasteiger partial charge in [0.2, 0.25) is 0 Å². The first-order valence-corrected chi connectivity index (χ1v) is 5.32. The van der Waals surface area contributed by atoms with Gasteiger partial charge in [0.15, 0.2) is 11.6 Å². The first-order valence-electron chi connectivity index (χ1n) is 5.32. The molecule has 1 aromatic rings. The first kappa shape index (κ1) is 11.0. The van der Waals surface area contributed by atoms with E-state index < -0.39 is 17.5 Å². The van der Waals surface area contributed by atoms with Crippen LogP contribution in [0, 0.1) is 23.5 Å². The monoisotopic (exact) mass is 225 g/mol. The predicted octanol–water partition coefficient (Wildman–Crippen LogP) is 2.35. The van der Waals surface area contributed by atoms with Crippen LogP contribution in [-0.4, -0.2) is 12.5 Å². The Morgan fingerprint density at radius 1 is 1.50 bits per heavy atom. The number of nitrogens with one attached hydrogen (secondary N) is 1. The van der Waals surface area contributed by atoms with Crippen molar-refractivity contribution in [1.29, 1.82) is 0 Å². The summed E-state index contributed by atoms with van der Waals surface area (Å²) in [6.45, 7) is 2.63. The summed E-state index contributed by atoms with van der Waals surface area (Å²) in [5.74, 6) is -1.51. The van der Waals surface area contributed by atoms with E-state index in [9.17, 15) is 13.6 Å². The third kappa shape index (κ3) is 2.21. The molecule has 2 unspecified atom stereocenters. The molecule has 86 valence electrons. The van der Waals surface area contributed by atoms with Crippen LogP contribution in [0.25, 0.3) is 0 Å². The van der Waals surface area contributed by atoms with Crippen LogP contribution in [0.2, 0.25) is 0 Å². The molecule has 4 heteroatoms. The van der Waals surface area contributed by atoms with E-state index in [1.807, 2.05) is 0 Å². The van der Waals surface area contributed by atoms with Crippen LogP contribution in [0.1, 0.15) is 23.7 Å². The van der Waals surface area contributed by atoms with Crippen molar-refractivity contribution < 1.29 is 13.6 Å². The predicted molar refractivity (Wildman–Crippen MR) is 56.0 cm³/mol. The summed E-state index contributed by atoms with van der Waals surface area (Å²) in [6.07, 6.45) is 1.09. The lowest BCUT2D eigenvalue weighted by atomic mass is 10.2. The molecular weight excluding hydrogens is 212 g/mol. The van der Waals surface area contributed by atoms with E-state index >= 15 is 0 Å². The molecule has 0 aliphatic heterocycles. The van der Waals surface area contributed by atoms with Crippen molar-refractivity contribution in [3.05, 3.63) is 35.4 Å². The van der Waals surface area contributed by atoms with E-state index in [4.69, 9.17) is 0 Å². The largest absolute Gasteiger partial charge is 0.352 e. The fourth-order valence-electron chi connectivity index (χ4n) is 1.68. The molecule has 16 heavy (non-hydrogen) atoms. The molecule has 0 saturated heterocycles. The zero-order valence-electron chi connectivity index (χ0n) is 8.97. The highest BCUT2D eigenvalue weighted by molar-refractivity contribution is 5.94. The van der Waals surface area contributed by atoms with Crippen LogP contribution in [0.15, 0.2) is 18.2 Å². The fourth-order valence-corrected chi connectivity index (χ4v) is 1.68. The molecule has 0 radical (unpaired) electrons. The van der Waals surface area contributed by atoms with Crippen molar-refractivity contribution >= 4 is 5.91 Å². The van der Waals surface area contributed by atoms with Crippen LogP contribution in [0.3, 0.4) is 0 Å². The van der Waals surface area contributed by atoms with E-state index in [2.05, 4.69) is 12.2 Å². The van der Waals surface area contributed by atoms with Gasteiger partial charge in [0, 0.05) is 6.54 Å². The Labute approximate surface area is 92.7 Å². The molecule has 0 bridgehead atoms. The molecule has 2 rings (SSSR count). The molecular formula is C12H13F2NO. The number of carbonyl (C=O) groups excluding carboxylic acids is 1. The Kier molecular flexibility index (Phi) is 2.90. The number of hydrogen-bond acceptors (Lipinski definition) is 1. The Balaban J connectivity index is 2.00. The molecule has 0 aromatic heterocycles. The highest BCUT2D eigenvalue weighted by Gasteiger charge is 2.32. The number of amides is 1. The number of hydrogen-bond donors (Lipinski definition) is 1. The minimum absolute atomic E-state index is 0.228. The number of rotatable bonds is 3. The van der Waals surface area contributed by atoms with Gasteiger partial charge < -0.3 is 5.32 Å². The Morgan fingerprint density at radius 3 is 2.81 bits per heavy atom. The van der Waals surface area contributed by atoms with Crippen LogP contribution >= 0.6 is 0 Å². The lowest BCUT2D eigenvalue weighted by molar-refractivity contribution is 0.0946. The van der Waals surface area contributed by atoms with Crippen molar-refractivity contribution in [2.45, 2.75) is 13.3 Å². The minimum atomic E-state index is -1.08. The van der Waals surface area contributed by atoms with Crippen molar-refractivity contribution in [2.75, 3.05) is 6.54 Å². The van der Waals surface area contributed by atoms with Gasteiger partial charge in [-0.1, -0.05) is 13.0 Å². The highest BCUT2D eigenvalue weighted by atomic mass is 19.2. The van der Waals surface area contributed by atoms with Gasteiger partial charge in [0.25, 0.3) is 5.91 Å². The van der Waals surface area contributed by atoms with Crippen LogP contribution < -0.4 is 5.32 Å². The lowest BCUT2D eigenvalue weighted by Crippen LogP contribution is -2.27. The summed E-state index contributed by atoms with van der Waals surface area (Å²) >= 11 is 0. The quantitative estimate of drug-likeness (QED) is 0.840. The zero-order valence-corrected chi connectivity index (χ0v) is 8.97. The molecule has 1 aliphatic carbocycles. The number of benzene rings is 1. The maximum Gasteiger partial charge on any atom is 0.254 e. The minimum Gasteiger partial charge on any atom is -0.352 e. The van der Waals surface area contributed by atoms with Gasteiger partial charge >= 0.3 is 0 Å².